The second-order valence-corrected chi connectivity index (χ2v) is 1.92. The quantitative estimate of drug-likeness (QED) is 0.483. The Morgan fingerprint density at radius 3 is 2.60 bits per heavy atom. The van der Waals surface area contributed by atoms with E-state index < -0.39 is 12.0 Å². The number of carboxylic acids is 1. The smallest absolute Gasteiger partial charge is 0.862 e. The SMILES string of the molecule is O=C(O)[C@H]1CCC([O-])=N1.[Rb+]. The third kappa shape index (κ3) is 2.78. The van der Waals surface area contributed by atoms with E-state index in [4.69, 9.17) is 5.11 Å². The molecule has 1 rings (SSSR count). The summed E-state index contributed by atoms with van der Waals surface area (Å²) < 4.78 is 0. The molecular weight excluding hydrogens is 208 g/mol. The molecule has 1 aliphatic heterocycles. The number of rotatable bonds is 1. The molecule has 4 nitrogen and oxygen atoms in total. The van der Waals surface area contributed by atoms with Crippen molar-refractivity contribution in [1.82, 2.24) is 0 Å². The number of hydrogen-bond donors (Lipinski definition) is 1. The van der Waals surface area contributed by atoms with Crippen molar-refractivity contribution in [1.29, 1.82) is 0 Å². The topological polar surface area (TPSA) is 72.7 Å². The molecule has 0 aromatic rings. The predicted molar refractivity (Wildman–Crippen MR) is 28.1 cm³/mol. The maximum Gasteiger partial charge on any atom is 1.00 e. The Labute approximate surface area is 107 Å². The van der Waals surface area contributed by atoms with Crippen molar-refractivity contribution in [3.63, 3.8) is 0 Å². The van der Waals surface area contributed by atoms with Crippen LogP contribution in [0.3, 0.4) is 0 Å². The molecule has 0 radical (unpaired) electrons. The molecule has 0 unspecified atom stereocenters. The molecule has 0 saturated carbocycles. The maximum atomic E-state index is 10.3. The van der Waals surface area contributed by atoms with Crippen molar-refractivity contribution >= 4 is 11.9 Å². The van der Waals surface area contributed by atoms with E-state index in [0.29, 0.717) is 6.42 Å². The van der Waals surface area contributed by atoms with E-state index in [1.54, 1.807) is 0 Å². The maximum absolute atomic E-state index is 10.3. The van der Waals surface area contributed by atoms with Crippen molar-refractivity contribution in [3.05, 3.63) is 0 Å². The number of hydrogen-bond acceptors (Lipinski definition) is 3. The molecule has 0 saturated heterocycles. The van der Waals surface area contributed by atoms with Crippen LogP contribution < -0.4 is 63.3 Å². The Morgan fingerprint density at radius 2 is 2.40 bits per heavy atom. The molecule has 0 aliphatic carbocycles. The number of nitrogens with zero attached hydrogens (tertiary/aromatic N) is 1. The fourth-order valence-electron chi connectivity index (χ4n) is 0.742. The van der Waals surface area contributed by atoms with E-state index in [0.717, 1.165) is 0 Å². The summed E-state index contributed by atoms with van der Waals surface area (Å²) in [5.41, 5.74) is 0. The summed E-state index contributed by atoms with van der Waals surface area (Å²) in [6.45, 7) is 0. The first-order chi connectivity index (χ1) is 4.20. The molecule has 0 bridgehead atoms. The molecule has 0 amide bonds. The molecule has 5 heteroatoms. The molecule has 1 atom stereocenters. The van der Waals surface area contributed by atoms with Crippen LogP contribution in [-0.4, -0.2) is 23.0 Å². The normalized spacial score (nSPS) is 23.2. The van der Waals surface area contributed by atoms with Crippen LogP contribution in [-0.2, 0) is 4.79 Å². The molecule has 10 heavy (non-hydrogen) atoms. The Bertz CT molecular complexity index is 168. The fraction of sp³-hybridized carbons (Fsp3) is 0.600. The van der Waals surface area contributed by atoms with E-state index in [1.165, 1.54) is 0 Å². The summed E-state index contributed by atoms with van der Waals surface area (Å²) in [7, 11) is 0. The fourth-order valence-corrected chi connectivity index (χ4v) is 0.742. The van der Waals surface area contributed by atoms with Gasteiger partial charge in [0.1, 0.15) is 6.04 Å². The van der Waals surface area contributed by atoms with Crippen LogP contribution in [0.1, 0.15) is 12.8 Å². The summed E-state index contributed by atoms with van der Waals surface area (Å²) in [4.78, 5) is 13.5. The largest absolute Gasteiger partial charge is 1.00 e. The number of carbonyl (C=O) groups is 1. The molecule has 0 aromatic carbocycles. The summed E-state index contributed by atoms with van der Waals surface area (Å²) >= 11 is 0. The molecule has 1 heterocycles. The summed E-state index contributed by atoms with van der Waals surface area (Å²) in [5.74, 6) is -1.29. The zero-order valence-corrected chi connectivity index (χ0v) is 10.6. The first-order valence-electron chi connectivity index (χ1n) is 2.66. The van der Waals surface area contributed by atoms with Crippen LogP contribution >= 0.6 is 0 Å². The van der Waals surface area contributed by atoms with Crippen LogP contribution in [0, 0.1) is 0 Å². The monoisotopic (exact) mass is 213 g/mol. The van der Waals surface area contributed by atoms with Crippen molar-refractivity contribution in [2.45, 2.75) is 18.9 Å². The van der Waals surface area contributed by atoms with Crippen molar-refractivity contribution in [2.24, 2.45) is 4.99 Å². The van der Waals surface area contributed by atoms with E-state index in [1.807, 2.05) is 0 Å². The Balaban J connectivity index is 0.000000810. The summed E-state index contributed by atoms with van der Waals surface area (Å²) in [6.07, 6.45) is 0.658. The standard InChI is InChI=1S/C5H7NO3.Rb/c7-4-2-1-3(6-4)5(8)9;/h3H,1-2H2,(H,6,7)(H,8,9);/q;+1/p-1/t3-;/m1./s1. The van der Waals surface area contributed by atoms with Gasteiger partial charge in [0.2, 0.25) is 0 Å². The van der Waals surface area contributed by atoms with E-state index in [9.17, 15) is 9.90 Å². The van der Waals surface area contributed by atoms with Gasteiger partial charge in [-0.25, -0.2) is 4.79 Å². The molecule has 0 fully saturated rings. The molecular formula is C5H6NO3Rb. The second-order valence-electron chi connectivity index (χ2n) is 1.92. The van der Waals surface area contributed by atoms with Crippen molar-refractivity contribution in [2.75, 3.05) is 0 Å². The van der Waals surface area contributed by atoms with Gasteiger partial charge in [0, 0.05) is 0 Å². The zero-order valence-electron chi connectivity index (χ0n) is 5.70. The minimum Gasteiger partial charge on any atom is -0.862 e. The third-order valence-corrected chi connectivity index (χ3v) is 1.22. The molecule has 0 aromatic heterocycles. The third-order valence-electron chi connectivity index (χ3n) is 1.22. The first-order valence-corrected chi connectivity index (χ1v) is 2.66. The molecule has 50 valence electrons. The summed E-state index contributed by atoms with van der Waals surface area (Å²) in [6, 6.07) is -0.766. The number of carboxylic acid groups (broad SMARTS) is 1. The van der Waals surface area contributed by atoms with Gasteiger partial charge in [0.15, 0.2) is 0 Å². The van der Waals surface area contributed by atoms with E-state index in [-0.39, 0.29) is 70.5 Å². The Morgan fingerprint density at radius 1 is 1.80 bits per heavy atom. The number of aliphatic carboxylic acids is 1. The van der Waals surface area contributed by atoms with Gasteiger partial charge in [-0.05, 0) is 18.7 Å². The van der Waals surface area contributed by atoms with Gasteiger partial charge in [-0.2, -0.15) is 0 Å². The Hall–Kier alpha value is 0.745. The van der Waals surface area contributed by atoms with Gasteiger partial charge in [-0.3, -0.25) is 4.99 Å². The molecule has 1 N–H and O–H groups in total. The first kappa shape index (κ1) is 10.7. The minimum atomic E-state index is -0.999. The van der Waals surface area contributed by atoms with Gasteiger partial charge >= 0.3 is 64.2 Å². The van der Waals surface area contributed by atoms with Crippen LogP contribution in [0.25, 0.3) is 0 Å². The second kappa shape index (κ2) is 4.59. The molecule has 1 aliphatic rings. The minimum absolute atomic E-state index is 0. The van der Waals surface area contributed by atoms with Gasteiger partial charge in [0.05, 0.1) is 0 Å². The van der Waals surface area contributed by atoms with E-state index in [2.05, 4.69) is 4.99 Å². The van der Waals surface area contributed by atoms with Gasteiger partial charge in [0.25, 0.3) is 0 Å². The van der Waals surface area contributed by atoms with E-state index >= 15 is 0 Å². The van der Waals surface area contributed by atoms with Crippen LogP contribution in [0.5, 0.6) is 0 Å². The number of aliphatic imine (C=N–C) groups is 1. The van der Waals surface area contributed by atoms with Crippen molar-refractivity contribution < 1.29 is 73.2 Å². The van der Waals surface area contributed by atoms with Crippen LogP contribution in [0.15, 0.2) is 4.99 Å². The van der Waals surface area contributed by atoms with Gasteiger partial charge in [-0.1, -0.05) is 0 Å². The average Bonchev–Trinajstić information content (AvgIpc) is 2.14. The van der Waals surface area contributed by atoms with Crippen LogP contribution in [0.2, 0.25) is 0 Å². The summed E-state index contributed by atoms with van der Waals surface area (Å²) in [5, 5.41) is 18.6. The predicted octanol–water partition coefficient (Wildman–Crippen LogP) is -4.00. The van der Waals surface area contributed by atoms with Gasteiger partial charge in [-0.15, -0.1) is 0 Å². The molecule has 0 spiro atoms. The van der Waals surface area contributed by atoms with Gasteiger partial charge < -0.3 is 10.2 Å². The van der Waals surface area contributed by atoms with Crippen LogP contribution in [0.4, 0.5) is 0 Å². The Kier molecular flexibility index (Phi) is 4.93. The zero-order chi connectivity index (χ0) is 6.85. The average molecular weight is 214 g/mol. The van der Waals surface area contributed by atoms with Crippen molar-refractivity contribution in [3.8, 4) is 0 Å².